The fourth-order valence-corrected chi connectivity index (χ4v) is 2.75. The van der Waals surface area contributed by atoms with Crippen molar-refractivity contribution in [1.82, 2.24) is 0 Å². The Morgan fingerprint density at radius 1 is 1.05 bits per heavy atom. The van der Waals surface area contributed by atoms with E-state index < -0.39 is 0 Å². The molecule has 0 aliphatic rings. The Labute approximate surface area is 110 Å². The van der Waals surface area contributed by atoms with Crippen molar-refractivity contribution in [3.8, 4) is 0 Å². The quantitative estimate of drug-likeness (QED) is 0.617. The molecule has 0 radical (unpaired) electrons. The number of fused-ring (bicyclic) bond motifs is 3. The number of furan rings is 1. The van der Waals surface area contributed by atoms with Gasteiger partial charge in [0.15, 0.2) is 0 Å². The van der Waals surface area contributed by atoms with Crippen molar-refractivity contribution in [3.05, 3.63) is 45.0 Å². The maximum Gasteiger partial charge on any atom is 0.336 e. The van der Waals surface area contributed by atoms with Gasteiger partial charge in [-0.2, -0.15) is 0 Å². The average Bonchev–Trinajstić information content (AvgIpc) is 2.65. The summed E-state index contributed by atoms with van der Waals surface area (Å²) in [7, 11) is 0. The number of rotatable bonds is 1. The maximum atomic E-state index is 11.6. The van der Waals surface area contributed by atoms with E-state index in [0.29, 0.717) is 5.58 Å². The minimum absolute atomic E-state index is 0.303. The molecule has 0 aliphatic heterocycles. The second-order valence-corrected chi connectivity index (χ2v) is 5.00. The van der Waals surface area contributed by atoms with Crippen LogP contribution in [0.1, 0.15) is 29.4 Å². The zero-order valence-electron chi connectivity index (χ0n) is 11.6. The van der Waals surface area contributed by atoms with E-state index in [1.54, 1.807) is 6.07 Å². The van der Waals surface area contributed by atoms with Gasteiger partial charge in [0, 0.05) is 11.5 Å². The van der Waals surface area contributed by atoms with Crippen molar-refractivity contribution in [1.29, 1.82) is 0 Å². The lowest BCUT2D eigenvalue weighted by Gasteiger charge is -2.05. The van der Waals surface area contributed by atoms with Crippen LogP contribution in [0.25, 0.3) is 21.9 Å². The smallest absolute Gasteiger partial charge is 0.336 e. The summed E-state index contributed by atoms with van der Waals surface area (Å²) in [4.78, 5) is 11.6. The third kappa shape index (κ3) is 1.61. The zero-order valence-corrected chi connectivity index (χ0v) is 11.6. The summed E-state index contributed by atoms with van der Waals surface area (Å²) in [5, 5.41) is 2.06. The number of benzene rings is 1. The van der Waals surface area contributed by atoms with E-state index in [9.17, 15) is 4.79 Å². The number of hydrogen-bond donors (Lipinski definition) is 0. The van der Waals surface area contributed by atoms with Gasteiger partial charge in [-0.05, 0) is 49.9 Å². The van der Waals surface area contributed by atoms with Crippen LogP contribution in [0.4, 0.5) is 0 Å². The van der Waals surface area contributed by atoms with Gasteiger partial charge in [-0.1, -0.05) is 6.92 Å². The molecule has 2 heterocycles. The van der Waals surface area contributed by atoms with Crippen LogP contribution in [0.5, 0.6) is 0 Å². The van der Waals surface area contributed by atoms with Gasteiger partial charge in [0.1, 0.15) is 16.9 Å². The van der Waals surface area contributed by atoms with Crippen LogP contribution in [0.3, 0.4) is 0 Å². The van der Waals surface area contributed by atoms with Crippen LogP contribution >= 0.6 is 0 Å². The molecule has 0 amide bonds. The van der Waals surface area contributed by atoms with Crippen LogP contribution in [-0.4, -0.2) is 0 Å². The van der Waals surface area contributed by atoms with Crippen molar-refractivity contribution in [2.45, 2.75) is 34.1 Å². The second-order valence-electron chi connectivity index (χ2n) is 5.00. The van der Waals surface area contributed by atoms with Gasteiger partial charge in [0.25, 0.3) is 0 Å². The van der Waals surface area contributed by atoms with E-state index in [4.69, 9.17) is 8.83 Å². The molecular formula is C16H16O3. The SMILES string of the molecule is CCc1cc(=O)oc2cc(C)c3c(C)c(C)oc3c12. The molecule has 2 aromatic heterocycles. The highest BCUT2D eigenvalue weighted by Gasteiger charge is 2.17. The van der Waals surface area contributed by atoms with Crippen molar-refractivity contribution in [3.63, 3.8) is 0 Å². The predicted molar refractivity (Wildman–Crippen MR) is 75.8 cm³/mol. The molecule has 3 aromatic rings. The number of aryl methyl sites for hydroxylation is 4. The van der Waals surface area contributed by atoms with E-state index in [2.05, 4.69) is 6.92 Å². The van der Waals surface area contributed by atoms with E-state index in [-0.39, 0.29) is 5.63 Å². The van der Waals surface area contributed by atoms with Crippen LogP contribution in [0.15, 0.2) is 25.8 Å². The lowest BCUT2D eigenvalue weighted by Crippen LogP contribution is -2.00. The highest BCUT2D eigenvalue weighted by molar-refractivity contribution is 6.06. The van der Waals surface area contributed by atoms with Crippen molar-refractivity contribution in [2.24, 2.45) is 0 Å². The lowest BCUT2D eigenvalue weighted by atomic mass is 10.0. The van der Waals surface area contributed by atoms with Crippen molar-refractivity contribution >= 4 is 21.9 Å². The Balaban J connectivity index is 2.66. The Morgan fingerprint density at radius 2 is 1.79 bits per heavy atom. The molecule has 19 heavy (non-hydrogen) atoms. The Hall–Kier alpha value is -2.03. The Morgan fingerprint density at radius 3 is 2.47 bits per heavy atom. The van der Waals surface area contributed by atoms with E-state index >= 15 is 0 Å². The van der Waals surface area contributed by atoms with Crippen molar-refractivity contribution < 1.29 is 8.83 Å². The third-order valence-electron chi connectivity index (χ3n) is 3.81. The molecule has 98 valence electrons. The molecule has 0 bridgehead atoms. The fraction of sp³-hybridized carbons (Fsp3) is 0.312. The predicted octanol–water partition coefficient (Wildman–Crippen LogP) is 4.03. The van der Waals surface area contributed by atoms with Crippen LogP contribution in [0, 0.1) is 20.8 Å². The van der Waals surface area contributed by atoms with Crippen molar-refractivity contribution in [2.75, 3.05) is 0 Å². The highest BCUT2D eigenvalue weighted by atomic mass is 16.4. The normalized spacial score (nSPS) is 11.6. The Kier molecular flexibility index (Phi) is 2.52. The molecule has 0 fully saturated rings. The third-order valence-corrected chi connectivity index (χ3v) is 3.81. The molecule has 0 saturated carbocycles. The van der Waals surface area contributed by atoms with Gasteiger partial charge in [0.2, 0.25) is 0 Å². The van der Waals surface area contributed by atoms with Gasteiger partial charge in [0.05, 0.1) is 5.39 Å². The first kappa shape index (κ1) is 12.0. The summed E-state index contributed by atoms with van der Waals surface area (Å²) in [6, 6.07) is 3.49. The van der Waals surface area contributed by atoms with E-state index in [1.165, 1.54) is 0 Å². The van der Waals surface area contributed by atoms with E-state index in [1.807, 2.05) is 26.8 Å². The Bertz CT molecular complexity index is 850. The van der Waals surface area contributed by atoms with Gasteiger partial charge >= 0.3 is 5.63 Å². The summed E-state index contributed by atoms with van der Waals surface area (Å²) in [6.07, 6.45) is 0.777. The monoisotopic (exact) mass is 256 g/mol. The molecule has 0 saturated heterocycles. The summed E-state index contributed by atoms with van der Waals surface area (Å²) in [5.74, 6) is 0.916. The first-order valence-electron chi connectivity index (χ1n) is 6.49. The molecular weight excluding hydrogens is 240 g/mol. The summed E-state index contributed by atoms with van der Waals surface area (Å²) in [5.41, 5.74) is 4.36. The largest absolute Gasteiger partial charge is 0.460 e. The molecule has 0 spiro atoms. The minimum atomic E-state index is -0.303. The second kappa shape index (κ2) is 3.98. The standard InChI is InChI=1S/C16H16O3/c1-5-11-7-13(17)19-12-6-8(2)14-9(3)10(4)18-16(14)15(11)12/h6-7H,5H2,1-4H3. The van der Waals surface area contributed by atoms with Gasteiger partial charge < -0.3 is 8.83 Å². The van der Waals surface area contributed by atoms with Crippen LogP contribution in [0.2, 0.25) is 0 Å². The molecule has 1 aromatic carbocycles. The molecule has 3 nitrogen and oxygen atoms in total. The number of hydrogen-bond acceptors (Lipinski definition) is 3. The average molecular weight is 256 g/mol. The molecule has 0 unspecified atom stereocenters. The van der Waals surface area contributed by atoms with Gasteiger partial charge in [-0.25, -0.2) is 4.79 Å². The topological polar surface area (TPSA) is 43.4 Å². The maximum absolute atomic E-state index is 11.6. The van der Waals surface area contributed by atoms with E-state index in [0.717, 1.165) is 45.2 Å². The fourth-order valence-electron chi connectivity index (χ4n) is 2.75. The van der Waals surface area contributed by atoms with Gasteiger partial charge in [-0.15, -0.1) is 0 Å². The molecule has 0 aliphatic carbocycles. The summed E-state index contributed by atoms with van der Waals surface area (Å²) in [6.45, 7) is 8.07. The molecule has 0 N–H and O–H groups in total. The van der Waals surface area contributed by atoms with Gasteiger partial charge in [-0.3, -0.25) is 0 Å². The highest BCUT2D eigenvalue weighted by Crippen LogP contribution is 2.35. The lowest BCUT2D eigenvalue weighted by molar-refractivity contribution is 0.554. The summed E-state index contributed by atoms with van der Waals surface area (Å²) < 4.78 is 11.2. The zero-order chi connectivity index (χ0) is 13.7. The first-order chi connectivity index (χ1) is 9.02. The van der Waals surface area contributed by atoms with Crippen LogP contribution < -0.4 is 5.63 Å². The molecule has 3 rings (SSSR count). The minimum Gasteiger partial charge on any atom is -0.460 e. The molecule has 0 atom stereocenters. The molecule has 3 heteroatoms. The first-order valence-corrected chi connectivity index (χ1v) is 6.49. The summed E-state index contributed by atoms with van der Waals surface area (Å²) >= 11 is 0. The van der Waals surface area contributed by atoms with Crippen LogP contribution in [-0.2, 0) is 6.42 Å².